The SMILES string of the molecule is CCC1CCCN1Cc1ccc(CNC(C)(C)C)cc1Br. The first-order chi connectivity index (χ1) is 9.89. The largest absolute Gasteiger partial charge is 0.308 e. The Labute approximate surface area is 138 Å². The monoisotopic (exact) mass is 352 g/mol. The molecule has 1 unspecified atom stereocenters. The maximum absolute atomic E-state index is 3.76. The zero-order valence-corrected chi connectivity index (χ0v) is 15.5. The van der Waals surface area contributed by atoms with Gasteiger partial charge in [-0.15, -0.1) is 0 Å². The summed E-state index contributed by atoms with van der Waals surface area (Å²) in [6, 6.07) is 7.59. The summed E-state index contributed by atoms with van der Waals surface area (Å²) in [6.45, 7) is 12.2. The Hall–Kier alpha value is -0.380. The molecule has 0 aliphatic carbocycles. The molecule has 0 aromatic heterocycles. The average molecular weight is 353 g/mol. The standard InChI is InChI=1S/C18H29BrN2/c1-5-16-7-6-10-21(16)13-15-9-8-14(11-17(15)19)12-20-18(2,3)4/h8-9,11,16,20H,5-7,10,12-13H2,1-4H3. The lowest BCUT2D eigenvalue weighted by Gasteiger charge is -2.24. The fourth-order valence-corrected chi connectivity index (χ4v) is 3.53. The van der Waals surface area contributed by atoms with E-state index in [1.807, 2.05) is 0 Å². The van der Waals surface area contributed by atoms with E-state index >= 15 is 0 Å². The normalized spacial score (nSPS) is 20.1. The molecule has 1 saturated heterocycles. The van der Waals surface area contributed by atoms with Crippen LogP contribution >= 0.6 is 15.9 Å². The van der Waals surface area contributed by atoms with Gasteiger partial charge in [-0.3, -0.25) is 4.90 Å². The van der Waals surface area contributed by atoms with E-state index in [2.05, 4.69) is 72.0 Å². The minimum absolute atomic E-state index is 0.162. The van der Waals surface area contributed by atoms with E-state index < -0.39 is 0 Å². The first-order valence-corrected chi connectivity index (χ1v) is 8.94. The van der Waals surface area contributed by atoms with Crippen LogP contribution in [0.3, 0.4) is 0 Å². The number of nitrogens with zero attached hydrogens (tertiary/aromatic N) is 1. The molecule has 0 saturated carbocycles. The van der Waals surface area contributed by atoms with Crippen LogP contribution in [0.5, 0.6) is 0 Å². The summed E-state index contributed by atoms with van der Waals surface area (Å²) >= 11 is 3.76. The van der Waals surface area contributed by atoms with Gasteiger partial charge in [0.25, 0.3) is 0 Å². The molecule has 2 rings (SSSR count). The highest BCUT2D eigenvalue weighted by molar-refractivity contribution is 9.10. The van der Waals surface area contributed by atoms with Crippen molar-refractivity contribution in [2.45, 2.75) is 71.6 Å². The van der Waals surface area contributed by atoms with Gasteiger partial charge < -0.3 is 5.32 Å². The number of hydrogen-bond donors (Lipinski definition) is 1. The van der Waals surface area contributed by atoms with Crippen LogP contribution in [0.2, 0.25) is 0 Å². The predicted molar refractivity (Wildman–Crippen MR) is 94.5 cm³/mol. The van der Waals surface area contributed by atoms with Crippen LogP contribution in [-0.2, 0) is 13.1 Å². The first-order valence-electron chi connectivity index (χ1n) is 8.15. The maximum atomic E-state index is 3.76. The fraction of sp³-hybridized carbons (Fsp3) is 0.667. The summed E-state index contributed by atoms with van der Waals surface area (Å²) in [5.41, 5.74) is 2.92. The molecular formula is C18H29BrN2. The summed E-state index contributed by atoms with van der Waals surface area (Å²) in [6.07, 6.45) is 3.98. The van der Waals surface area contributed by atoms with Crippen molar-refractivity contribution in [3.8, 4) is 0 Å². The molecule has 0 spiro atoms. The highest BCUT2D eigenvalue weighted by atomic mass is 79.9. The number of nitrogens with one attached hydrogen (secondary N) is 1. The molecule has 0 bridgehead atoms. The molecule has 1 aromatic rings. The Balaban J connectivity index is 1.99. The van der Waals surface area contributed by atoms with Gasteiger partial charge in [0.2, 0.25) is 0 Å². The Morgan fingerprint density at radius 3 is 2.71 bits per heavy atom. The van der Waals surface area contributed by atoms with Crippen LogP contribution in [0.25, 0.3) is 0 Å². The van der Waals surface area contributed by atoms with Crippen molar-refractivity contribution < 1.29 is 0 Å². The molecular weight excluding hydrogens is 324 g/mol. The van der Waals surface area contributed by atoms with Crippen molar-refractivity contribution in [2.24, 2.45) is 0 Å². The quantitative estimate of drug-likeness (QED) is 0.825. The lowest BCUT2D eigenvalue weighted by Crippen LogP contribution is -2.35. The molecule has 1 fully saturated rings. The maximum Gasteiger partial charge on any atom is 0.0247 e. The van der Waals surface area contributed by atoms with Crippen molar-refractivity contribution >= 4 is 15.9 Å². The summed E-state index contributed by atoms with van der Waals surface area (Å²) in [4.78, 5) is 2.63. The van der Waals surface area contributed by atoms with E-state index in [1.165, 1.54) is 41.4 Å². The smallest absolute Gasteiger partial charge is 0.0247 e. The zero-order valence-electron chi connectivity index (χ0n) is 13.9. The second kappa shape index (κ2) is 7.26. The molecule has 1 aliphatic rings. The number of rotatable bonds is 5. The third-order valence-corrected chi connectivity index (χ3v) is 5.02. The van der Waals surface area contributed by atoms with Crippen LogP contribution in [0.4, 0.5) is 0 Å². The molecule has 21 heavy (non-hydrogen) atoms. The van der Waals surface area contributed by atoms with Gasteiger partial charge in [-0.1, -0.05) is 35.0 Å². The van der Waals surface area contributed by atoms with Crippen molar-refractivity contribution in [1.29, 1.82) is 0 Å². The zero-order chi connectivity index (χ0) is 15.5. The number of hydrogen-bond acceptors (Lipinski definition) is 2. The summed E-state index contributed by atoms with van der Waals surface area (Å²) < 4.78 is 1.25. The minimum atomic E-state index is 0.162. The molecule has 1 atom stereocenters. The average Bonchev–Trinajstić information content (AvgIpc) is 2.85. The molecule has 1 heterocycles. The molecule has 2 nitrogen and oxygen atoms in total. The van der Waals surface area contributed by atoms with Gasteiger partial charge in [0, 0.05) is 29.1 Å². The van der Waals surface area contributed by atoms with Crippen LogP contribution < -0.4 is 5.32 Å². The van der Waals surface area contributed by atoms with Crippen molar-refractivity contribution in [3.63, 3.8) is 0 Å². The van der Waals surface area contributed by atoms with E-state index in [-0.39, 0.29) is 5.54 Å². The Bertz CT molecular complexity index is 465. The molecule has 1 aromatic carbocycles. The van der Waals surface area contributed by atoms with E-state index in [9.17, 15) is 0 Å². The van der Waals surface area contributed by atoms with Gasteiger partial charge in [0.15, 0.2) is 0 Å². The predicted octanol–water partition coefficient (Wildman–Crippen LogP) is 4.71. The lowest BCUT2D eigenvalue weighted by atomic mass is 10.1. The van der Waals surface area contributed by atoms with Gasteiger partial charge in [-0.05, 0) is 63.8 Å². The minimum Gasteiger partial charge on any atom is -0.308 e. The molecule has 118 valence electrons. The van der Waals surface area contributed by atoms with E-state index in [0.717, 1.165) is 19.1 Å². The molecule has 3 heteroatoms. The van der Waals surface area contributed by atoms with E-state index in [4.69, 9.17) is 0 Å². The highest BCUT2D eigenvalue weighted by Crippen LogP contribution is 2.26. The van der Waals surface area contributed by atoms with Crippen LogP contribution in [0.15, 0.2) is 22.7 Å². The third-order valence-electron chi connectivity index (χ3n) is 4.28. The van der Waals surface area contributed by atoms with Crippen molar-refractivity contribution in [1.82, 2.24) is 10.2 Å². The van der Waals surface area contributed by atoms with Crippen molar-refractivity contribution in [3.05, 3.63) is 33.8 Å². The Morgan fingerprint density at radius 1 is 1.33 bits per heavy atom. The molecule has 0 amide bonds. The number of likely N-dealkylation sites (tertiary alicyclic amines) is 1. The summed E-state index contributed by atoms with van der Waals surface area (Å²) in [7, 11) is 0. The van der Waals surface area contributed by atoms with Crippen LogP contribution in [0.1, 0.15) is 58.1 Å². The van der Waals surface area contributed by atoms with Gasteiger partial charge in [0.1, 0.15) is 0 Å². The molecule has 0 radical (unpaired) electrons. The van der Waals surface area contributed by atoms with Gasteiger partial charge in [-0.25, -0.2) is 0 Å². The third kappa shape index (κ3) is 5.08. The van der Waals surface area contributed by atoms with Gasteiger partial charge >= 0.3 is 0 Å². The molecule has 1 aliphatic heterocycles. The Kier molecular flexibility index (Phi) is 5.87. The van der Waals surface area contributed by atoms with Gasteiger partial charge in [-0.2, -0.15) is 0 Å². The summed E-state index contributed by atoms with van der Waals surface area (Å²) in [5.74, 6) is 0. The molecule has 1 N–H and O–H groups in total. The van der Waals surface area contributed by atoms with Gasteiger partial charge in [0.05, 0.1) is 0 Å². The fourth-order valence-electron chi connectivity index (χ4n) is 2.98. The second-order valence-electron chi connectivity index (χ2n) is 7.20. The highest BCUT2D eigenvalue weighted by Gasteiger charge is 2.23. The first kappa shape index (κ1) is 17.0. The summed E-state index contributed by atoms with van der Waals surface area (Å²) in [5, 5.41) is 3.54. The van der Waals surface area contributed by atoms with E-state index in [1.54, 1.807) is 0 Å². The van der Waals surface area contributed by atoms with Crippen LogP contribution in [0, 0.1) is 0 Å². The number of halogens is 1. The van der Waals surface area contributed by atoms with Crippen molar-refractivity contribution in [2.75, 3.05) is 6.54 Å². The second-order valence-corrected chi connectivity index (χ2v) is 8.06. The van der Waals surface area contributed by atoms with Crippen LogP contribution in [-0.4, -0.2) is 23.0 Å². The lowest BCUT2D eigenvalue weighted by molar-refractivity contribution is 0.239. The Morgan fingerprint density at radius 2 is 2.10 bits per heavy atom. The topological polar surface area (TPSA) is 15.3 Å². The number of benzene rings is 1. The van der Waals surface area contributed by atoms with E-state index in [0.29, 0.717) is 0 Å².